The zero-order chi connectivity index (χ0) is 11.1. The van der Waals surface area contributed by atoms with Crippen LogP contribution in [0.15, 0.2) is 0 Å². The summed E-state index contributed by atoms with van der Waals surface area (Å²) >= 11 is 0. The molecule has 4 nitrogen and oxygen atoms in total. The van der Waals surface area contributed by atoms with E-state index >= 15 is 0 Å². The van der Waals surface area contributed by atoms with Gasteiger partial charge in [-0.15, -0.1) is 10.2 Å². The van der Waals surface area contributed by atoms with Crippen LogP contribution < -0.4 is 5.73 Å². The highest BCUT2D eigenvalue weighted by Gasteiger charge is 2.39. The number of hydrogen-bond donors (Lipinski definition) is 1. The number of aromatic nitrogens is 3. The molecule has 1 heterocycles. The molecule has 2 N–H and O–H groups in total. The lowest BCUT2D eigenvalue weighted by Gasteiger charge is -2.20. The smallest absolute Gasteiger partial charge is 0.146 e. The van der Waals surface area contributed by atoms with Crippen molar-refractivity contribution >= 4 is 0 Å². The van der Waals surface area contributed by atoms with Gasteiger partial charge in [0.25, 0.3) is 0 Å². The monoisotopic (exact) mass is 220 g/mol. The first-order valence-electron chi connectivity index (χ1n) is 6.35. The summed E-state index contributed by atoms with van der Waals surface area (Å²) in [6, 6.07) is 0. The molecule has 2 saturated carbocycles. The fourth-order valence-corrected chi connectivity index (χ4v) is 3.62. The first kappa shape index (κ1) is 10.3. The first-order chi connectivity index (χ1) is 7.78. The zero-order valence-electron chi connectivity index (χ0n) is 9.89. The summed E-state index contributed by atoms with van der Waals surface area (Å²) in [6.07, 6.45) is 6.89. The minimum atomic E-state index is 0.486. The van der Waals surface area contributed by atoms with E-state index in [2.05, 4.69) is 14.8 Å². The molecule has 1 aromatic heterocycles. The Balaban J connectivity index is 1.72. The molecule has 0 radical (unpaired) electrons. The minimum Gasteiger partial charge on any atom is -0.324 e. The Morgan fingerprint density at radius 2 is 2.06 bits per heavy atom. The van der Waals surface area contributed by atoms with Gasteiger partial charge in [-0.3, -0.25) is 0 Å². The van der Waals surface area contributed by atoms with Crippen LogP contribution in [-0.4, -0.2) is 14.8 Å². The van der Waals surface area contributed by atoms with E-state index in [0.29, 0.717) is 6.54 Å². The highest BCUT2D eigenvalue weighted by Crippen LogP contribution is 2.49. The van der Waals surface area contributed by atoms with E-state index in [-0.39, 0.29) is 0 Å². The van der Waals surface area contributed by atoms with Gasteiger partial charge in [0.1, 0.15) is 11.6 Å². The van der Waals surface area contributed by atoms with Crippen molar-refractivity contribution in [1.29, 1.82) is 0 Å². The van der Waals surface area contributed by atoms with Crippen LogP contribution in [0.3, 0.4) is 0 Å². The van der Waals surface area contributed by atoms with Crippen molar-refractivity contribution in [2.75, 3.05) is 0 Å². The molecule has 2 bridgehead atoms. The predicted octanol–water partition coefficient (Wildman–Crippen LogP) is 1.25. The van der Waals surface area contributed by atoms with E-state index in [1.165, 1.54) is 25.7 Å². The lowest BCUT2D eigenvalue weighted by atomic mass is 9.86. The Kier molecular flexibility index (Phi) is 2.46. The van der Waals surface area contributed by atoms with Gasteiger partial charge in [0, 0.05) is 13.5 Å². The van der Waals surface area contributed by atoms with Gasteiger partial charge in [-0.2, -0.15) is 0 Å². The molecule has 3 atom stereocenters. The minimum absolute atomic E-state index is 0.486. The van der Waals surface area contributed by atoms with Crippen LogP contribution in [0.5, 0.6) is 0 Å². The van der Waals surface area contributed by atoms with Gasteiger partial charge < -0.3 is 10.3 Å². The highest BCUT2D eigenvalue weighted by atomic mass is 15.3. The predicted molar refractivity (Wildman–Crippen MR) is 61.5 cm³/mol. The van der Waals surface area contributed by atoms with Crippen LogP contribution in [0.4, 0.5) is 0 Å². The molecule has 0 amide bonds. The molecule has 2 fully saturated rings. The fraction of sp³-hybridized carbons (Fsp3) is 0.833. The van der Waals surface area contributed by atoms with Gasteiger partial charge in [0.2, 0.25) is 0 Å². The van der Waals surface area contributed by atoms with Gasteiger partial charge in [0.05, 0.1) is 6.54 Å². The van der Waals surface area contributed by atoms with Gasteiger partial charge in [-0.25, -0.2) is 0 Å². The average Bonchev–Trinajstić information content (AvgIpc) is 2.96. The summed E-state index contributed by atoms with van der Waals surface area (Å²) in [5.74, 6) is 4.85. The van der Waals surface area contributed by atoms with Crippen LogP contribution in [0.25, 0.3) is 0 Å². The summed E-state index contributed by atoms with van der Waals surface area (Å²) in [5.41, 5.74) is 5.61. The number of nitrogens with zero attached hydrogens (tertiary/aromatic N) is 3. The van der Waals surface area contributed by atoms with Crippen molar-refractivity contribution in [1.82, 2.24) is 14.8 Å². The van der Waals surface area contributed by atoms with E-state index < -0.39 is 0 Å². The summed E-state index contributed by atoms with van der Waals surface area (Å²) in [4.78, 5) is 0. The van der Waals surface area contributed by atoms with Crippen molar-refractivity contribution in [3.05, 3.63) is 11.6 Å². The van der Waals surface area contributed by atoms with E-state index in [4.69, 9.17) is 5.73 Å². The molecule has 2 aliphatic rings. The van der Waals surface area contributed by atoms with Crippen molar-refractivity contribution in [3.63, 3.8) is 0 Å². The van der Waals surface area contributed by atoms with Crippen LogP contribution in [0.2, 0.25) is 0 Å². The molecule has 0 aliphatic heterocycles. The highest BCUT2D eigenvalue weighted by molar-refractivity contribution is 5.00. The van der Waals surface area contributed by atoms with Crippen LogP contribution in [-0.2, 0) is 20.0 Å². The molecule has 3 unspecified atom stereocenters. The molecule has 4 heteroatoms. The van der Waals surface area contributed by atoms with Gasteiger partial charge in [-0.1, -0.05) is 6.42 Å². The summed E-state index contributed by atoms with van der Waals surface area (Å²) < 4.78 is 2.08. The second-order valence-electron chi connectivity index (χ2n) is 5.43. The van der Waals surface area contributed by atoms with Crippen LogP contribution >= 0.6 is 0 Å². The van der Waals surface area contributed by atoms with Crippen LogP contribution in [0.1, 0.15) is 37.3 Å². The molecular weight excluding hydrogens is 200 g/mol. The normalized spacial score (nSPS) is 32.5. The Bertz CT molecular complexity index is 384. The summed E-state index contributed by atoms with van der Waals surface area (Å²) in [6.45, 7) is 0.486. The third-order valence-corrected chi connectivity index (χ3v) is 4.57. The molecule has 0 spiro atoms. The maximum Gasteiger partial charge on any atom is 0.146 e. The Morgan fingerprint density at radius 1 is 1.25 bits per heavy atom. The van der Waals surface area contributed by atoms with Gasteiger partial charge in [-0.05, 0) is 37.0 Å². The summed E-state index contributed by atoms with van der Waals surface area (Å²) in [7, 11) is 2.03. The van der Waals surface area contributed by atoms with Crippen molar-refractivity contribution < 1.29 is 0 Å². The Morgan fingerprint density at radius 3 is 2.62 bits per heavy atom. The van der Waals surface area contributed by atoms with Crippen LogP contribution in [0, 0.1) is 17.8 Å². The Hall–Kier alpha value is -0.900. The molecule has 3 rings (SSSR count). The van der Waals surface area contributed by atoms with Gasteiger partial charge >= 0.3 is 0 Å². The molecule has 88 valence electrons. The van der Waals surface area contributed by atoms with E-state index in [1.54, 1.807) is 0 Å². The van der Waals surface area contributed by atoms with E-state index in [9.17, 15) is 0 Å². The number of hydrogen-bond acceptors (Lipinski definition) is 3. The van der Waals surface area contributed by atoms with Crippen molar-refractivity contribution in [2.24, 2.45) is 30.5 Å². The lowest BCUT2D eigenvalue weighted by molar-refractivity contribution is 0.324. The molecule has 0 saturated heterocycles. The number of fused-ring (bicyclic) bond motifs is 2. The molecular formula is C12H20N4. The zero-order valence-corrected chi connectivity index (χ0v) is 9.89. The molecule has 2 aliphatic carbocycles. The topological polar surface area (TPSA) is 56.7 Å². The van der Waals surface area contributed by atoms with E-state index in [1.807, 2.05) is 7.05 Å². The van der Waals surface area contributed by atoms with Crippen molar-refractivity contribution in [2.45, 2.75) is 38.6 Å². The average molecular weight is 220 g/mol. The third kappa shape index (κ3) is 1.56. The number of rotatable bonds is 3. The maximum absolute atomic E-state index is 5.61. The molecule has 1 aromatic rings. The second-order valence-corrected chi connectivity index (χ2v) is 5.43. The quantitative estimate of drug-likeness (QED) is 0.834. The first-order valence-corrected chi connectivity index (χ1v) is 6.35. The molecule has 16 heavy (non-hydrogen) atoms. The van der Waals surface area contributed by atoms with E-state index in [0.717, 1.165) is 35.8 Å². The largest absolute Gasteiger partial charge is 0.324 e. The second kappa shape index (κ2) is 3.84. The third-order valence-electron chi connectivity index (χ3n) is 4.57. The molecule has 0 aromatic carbocycles. The lowest BCUT2D eigenvalue weighted by Crippen LogP contribution is -2.16. The summed E-state index contributed by atoms with van der Waals surface area (Å²) in [5, 5.41) is 8.39. The van der Waals surface area contributed by atoms with Crippen molar-refractivity contribution in [3.8, 4) is 0 Å². The standard InChI is InChI=1S/C12H20N4/c1-16-11(14-15-12(16)7-13)6-10-5-8-2-3-9(10)4-8/h8-10H,2-7,13H2,1H3. The maximum atomic E-state index is 5.61. The Labute approximate surface area is 96.2 Å². The fourth-order valence-electron chi connectivity index (χ4n) is 3.62. The van der Waals surface area contributed by atoms with Gasteiger partial charge in [0.15, 0.2) is 0 Å². The number of nitrogens with two attached hydrogens (primary N) is 1. The SMILES string of the molecule is Cn1c(CN)nnc1CC1CC2CCC1C2.